The number of aromatic carboxylic acids is 1. The van der Waals surface area contributed by atoms with Crippen LogP contribution in [0.4, 0.5) is 0 Å². The van der Waals surface area contributed by atoms with E-state index in [1.54, 1.807) is 0 Å². The normalized spacial score (nSPS) is 9.33. The largest absolute Gasteiger partial charge is 0.476 e. The highest BCUT2D eigenvalue weighted by Crippen LogP contribution is 2.14. The minimum atomic E-state index is -1.07. The highest BCUT2D eigenvalue weighted by atomic mass is 79.9. The third kappa shape index (κ3) is 1.66. The van der Waals surface area contributed by atoms with E-state index in [2.05, 4.69) is 26.9 Å². The molecule has 0 radical (unpaired) electrons. The van der Waals surface area contributed by atoms with Gasteiger partial charge in [-0.15, -0.1) is 6.42 Å². The summed E-state index contributed by atoms with van der Waals surface area (Å²) in [6.07, 6.45) is 6.55. The van der Waals surface area contributed by atoms with Crippen LogP contribution in [0, 0.1) is 12.3 Å². The number of terminal acetylenes is 1. The zero-order valence-electron chi connectivity index (χ0n) is 5.99. The van der Waals surface area contributed by atoms with Crippen molar-refractivity contribution in [3.8, 4) is 12.3 Å². The molecule has 0 aromatic carbocycles. The van der Waals surface area contributed by atoms with Crippen LogP contribution < -0.4 is 0 Å². The Morgan fingerprint density at radius 2 is 2.58 bits per heavy atom. The van der Waals surface area contributed by atoms with Gasteiger partial charge < -0.3 is 5.11 Å². The summed E-state index contributed by atoms with van der Waals surface area (Å²) in [5, 5.41) is 12.3. The maximum atomic E-state index is 10.5. The molecule has 0 saturated heterocycles. The summed E-state index contributed by atoms with van der Waals surface area (Å²) in [4.78, 5) is 10.5. The molecule has 0 unspecified atom stereocenters. The molecule has 0 atom stereocenters. The zero-order chi connectivity index (χ0) is 9.14. The predicted octanol–water partition coefficient (Wildman–Crippen LogP) is 0.977. The number of aromatic nitrogens is 2. The molecule has 0 saturated carbocycles. The molecule has 1 aromatic heterocycles. The second-order valence-corrected chi connectivity index (χ2v) is 2.89. The first-order valence-electron chi connectivity index (χ1n) is 3.05. The van der Waals surface area contributed by atoms with E-state index in [9.17, 15) is 4.79 Å². The summed E-state index contributed by atoms with van der Waals surface area (Å²) in [5.41, 5.74) is -0.0229. The van der Waals surface area contributed by atoms with Crippen molar-refractivity contribution in [1.29, 1.82) is 0 Å². The van der Waals surface area contributed by atoms with Gasteiger partial charge in [-0.1, -0.05) is 5.92 Å². The van der Waals surface area contributed by atoms with E-state index in [0.29, 0.717) is 4.47 Å². The fraction of sp³-hybridized carbons (Fsp3) is 0.143. The van der Waals surface area contributed by atoms with Crippen LogP contribution in [0.2, 0.25) is 0 Å². The minimum Gasteiger partial charge on any atom is -0.476 e. The fourth-order valence-corrected chi connectivity index (χ4v) is 1.20. The van der Waals surface area contributed by atoms with Crippen molar-refractivity contribution in [2.45, 2.75) is 6.54 Å². The smallest absolute Gasteiger partial charge is 0.357 e. The molecule has 1 N–H and O–H groups in total. The number of carboxylic acid groups (broad SMARTS) is 1. The van der Waals surface area contributed by atoms with E-state index in [-0.39, 0.29) is 12.2 Å². The van der Waals surface area contributed by atoms with Crippen LogP contribution in [0.1, 0.15) is 10.5 Å². The molecule has 0 fully saturated rings. The molecule has 0 aliphatic carbocycles. The van der Waals surface area contributed by atoms with Gasteiger partial charge in [-0.3, -0.25) is 4.68 Å². The first-order valence-corrected chi connectivity index (χ1v) is 3.84. The van der Waals surface area contributed by atoms with E-state index in [4.69, 9.17) is 11.5 Å². The number of nitrogens with zero attached hydrogens (tertiary/aromatic N) is 2. The maximum absolute atomic E-state index is 10.5. The Bertz CT molecular complexity index is 351. The Balaban J connectivity index is 3.02. The average Bonchev–Trinajstić information content (AvgIpc) is 2.32. The van der Waals surface area contributed by atoms with Crippen LogP contribution in [0.5, 0.6) is 0 Å². The molecular formula is C7H5BrN2O2. The minimum absolute atomic E-state index is 0.0229. The maximum Gasteiger partial charge on any atom is 0.357 e. The molecule has 62 valence electrons. The van der Waals surface area contributed by atoms with Gasteiger partial charge in [-0.2, -0.15) is 5.10 Å². The molecule has 0 spiro atoms. The third-order valence-electron chi connectivity index (χ3n) is 1.17. The highest BCUT2D eigenvalue weighted by Gasteiger charge is 2.12. The molecule has 1 aromatic rings. The summed E-state index contributed by atoms with van der Waals surface area (Å²) in [7, 11) is 0. The van der Waals surface area contributed by atoms with Crippen molar-refractivity contribution in [2.75, 3.05) is 0 Å². The molecule has 5 heteroatoms. The molecule has 12 heavy (non-hydrogen) atoms. The standard InChI is InChI=1S/C7H5BrN2O2/c1-2-3-10-4-5(8)6(9-10)7(11)12/h1,4H,3H2,(H,11,12). The van der Waals surface area contributed by atoms with Crippen molar-refractivity contribution in [3.05, 3.63) is 16.4 Å². The van der Waals surface area contributed by atoms with Crippen molar-refractivity contribution in [1.82, 2.24) is 9.78 Å². The predicted molar refractivity (Wildman–Crippen MR) is 45.7 cm³/mol. The summed E-state index contributed by atoms with van der Waals surface area (Å²) in [6, 6.07) is 0. The van der Waals surface area contributed by atoms with Crippen molar-refractivity contribution >= 4 is 21.9 Å². The Morgan fingerprint density at radius 1 is 1.92 bits per heavy atom. The third-order valence-corrected chi connectivity index (χ3v) is 1.75. The molecule has 0 bridgehead atoms. The van der Waals surface area contributed by atoms with Crippen LogP contribution in [0.15, 0.2) is 10.7 Å². The van der Waals surface area contributed by atoms with Gasteiger partial charge in [-0.05, 0) is 15.9 Å². The molecule has 0 aliphatic heterocycles. The second-order valence-electron chi connectivity index (χ2n) is 2.03. The number of carbonyl (C=O) groups is 1. The highest BCUT2D eigenvalue weighted by molar-refractivity contribution is 9.10. The summed E-state index contributed by atoms with van der Waals surface area (Å²) >= 11 is 3.05. The van der Waals surface area contributed by atoms with Gasteiger partial charge in [0, 0.05) is 6.20 Å². The van der Waals surface area contributed by atoms with E-state index in [1.807, 2.05) is 0 Å². The van der Waals surface area contributed by atoms with Crippen molar-refractivity contribution < 1.29 is 9.90 Å². The zero-order valence-corrected chi connectivity index (χ0v) is 7.58. The van der Waals surface area contributed by atoms with Gasteiger partial charge in [0.2, 0.25) is 0 Å². The quantitative estimate of drug-likeness (QED) is 0.769. The van der Waals surface area contributed by atoms with E-state index >= 15 is 0 Å². The van der Waals surface area contributed by atoms with Gasteiger partial charge in [0.05, 0.1) is 4.47 Å². The topological polar surface area (TPSA) is 55.1 Å². The van der Waals surface area contributed by atoms with Crippen molar-refractivity contribution in [3.63, 3.8) is 0 Å². The lowest BCUT2D eigenvalue weighted by Gasteiger charge is -1.89. The number of carboxylic acids is 1. The van der Waals surface area contributed by atoms with E-state index in [1.165, 1.54) is 10.9 Å². The molecule has 1 rings (SSSR count). The Morgan fingerprint density at radius 3 is 3.00 bits per heavy atom. The van der Waals surface area contributed by atoms with E-state index in [0.717, 1.165) is 0 Å². The molecule has 4 nitrogen and oxygen atoms in total. The Kier molecular flexibility index (Phi) is 2.51. The SMILES string of the molecule is C#CCn1cc(Br)c(C(=O)O)n1. The second kappa shape index (κ2) is 3.41. The van der Waals surface area contributed by atoms with Gasteiger partial charge >= 0.3 is 5.97 Å². The average molecular weight is 229 g/mol. The molecule has 1 heterocycles. The molecule has 0 aliphatic rings. The Labute approximate surface area is 77.3 Å². The van der Waals surface area contributed by atoms with Crippen LogP contribution in [0.3, 0.4) is 0 Å². The lowest BCUT2D eigenvalue weighted by atomic mass is 10.4. The van der Waals surface area contributed by atoms with Gasteiger partial charge in [0.1, 0.15) is 6.54 Å². The van der Waals surface area contributed by atoms with Crippen LogP contribution in [-0.4, -0.2) is 20.9 Å². The van der Waals surface area contributed by atoms with Gasteiger partial charge in [-0.25, -0.2) is 4.79 Å². The van der Waals surface area contributed by atoms with Gasteiger partial charge in [0.15, 0.2) is 5.69 Å². The lowest BCUT2D eigenvalue weighted by Crippen LogP contribution is -2.01. The van der Waals surface area contributed by atoms with Crippen LogP contribution in [0.25, 0.3) is 0 Å². The lowest BCUT2D eigenvalue weighted by molar-refractivity contribution is 0.0688. The van der Waals surface area contributed by atoms with E-state index < -0.39 is 5.97 Å². The molecule has 0 amide bonds. The first kappa shape index (κ1) is 8.81. The molecular weight excluding hydrogens is 224 g/mol. The number of halogens is 1. The first-order chi connectivity index (χ1) is 5.65. The fourth-order valence-electron chi connectivity index (χ4n) is 0.717. The van der Waals surface area contributed by atoms with Crippen molar-refractivity contribution in [2.24, 2.45) is 0 Å². The van der Waals surface area contributed by atoms with Gasteiger partial charge in [0.25, 0.3) is 0 Å². The monoisotopic (exact) mass is 228 g/mol. The summed E-state index contributed by atoms with van der Waals surface area (Å²) in [5.74, 6) is 1.28. The number of rotatable bonds is 2. The Hall–Kier alpha value is -1.28. The van der Waals surface area contributed by atoms with Crippen LogP contribution >= 0.6 is 15.9 Å². The number of hydrogen-bond donors (Lipinski definition) is 1. The summed E-state index contributed by atoms with van der Waals surface area (Å²) in [6.45, 7) is 0.270. The number of hydrogen-bond acceptors (Lipinski definition) is 2. The van der Waals surface area contributed by atoms with Crippen LogP contribution in [-0.2, 0) is 6.54 Å². The summed E-state index contributed by atoms with van der Waals surface area (Å²) < 4.78 is 1.82.